The van der Waals surface area contributed by atoms with Crippen molar-refractivity contribution in [3.05, 3.63) is 35.4 Å². The zero-order valence-corrected chi connectivity index (χ0v) is 11.6. The number of nitrogens with zero attached hydrogens (tertiary/aromatic N) is 1. The minimum atomic E-state index is -0.418. The highest BCUT2D eigenvalue weighted by atomic mass is 19.1. The van der Waals surface area contributed by atoms with E-state index in [2.05, 4.69) is 29.5 Å². The van der Waals surface area contributed by atoms with E-state index in [1.807, 2.05) is 0 Å². The third-order valence-electron chi connectivity index (χ3n) is 2.91. The summed E-state index contributed by atoms with van der Waals surface area (Å²) in [5.74, 6) is -0.127. The van der Waals surface area contributed by atoms with Gasteiger partial charge in [-0.2, -0.15) is 0 Å². The Hall–Kier alpha value is -1.65. The molecule has 1 unspecified atom stereocenters. The minimum Gasteiger partial charge on any atom is -0.356 e. The zero-order chi connectivity index (χ0) is 14.3. The van der Waals surface area contributed by atoms with Crippen LogP contribution in [0.15, 0.2) is 23.2 Å². The van der Waals surface area contributed by atoms with Crippen molar-refractivity contribution in [1.29, 1.82) is 0 Å². The SMILES string of the molecule is CCC(C)NC(=NC)NCCc1cc(F)ccc1F. The largest absolute Gasteiger partial charge is 0.356 e. The van der Waals surface area contributed by atoms with E-state index in [0.29, 0.717) is 30.5 Å². The number of benzene rings is 1. The first-order chi connectivity index (χ1) is 9.06. The smallest absolute Gasteiger partial charge is 0.191 e. The van der Waals surface area contributed by atoms with Crippen LogP contribution in [-0.4, -0.2) is 25.6 Å². The summed E-state index contributed by atoms with van der Waals surface area (Å²) in [7, 11) is 1.68. The lowest BCUT2D eigenvalue weighted by atomic mass is 10.1. The predicted molar refractivity (Wildman–Crippen MR) is 74.3 cm³/mol. The molecule has 0 aliphatic heterocycles. The van der Waals surface area contributed by atoms with Crippen molar-refractivity contribution in [2.24, 2.45) is 4.99 Å². The molecule has 3 nitrogen and oxygen atoms in total. The summed E-state index contributed by atoms with van der Waals surface area (Å²) in [6.07, 6.45) is 1.39. The monoisotopic (exact) mass is 269 g/mol. The summed E-state index contributed by atoms with van der Waals surface area (Å²) in [5.41, 5.74) is 0.367. The fourth-order valence-electron chi connectivity index (χ4n) is 1.58. The highest BCUT2D eigenvalue weighted by molar-refractivity contribution is 5.79. The molecule has 0 fully saturated rings. The van der Waals surface area contributed by atoms with Gasteiger partial charge in [0.2, 0.25) is 0 Å². The Bertz CT molecular complexity index is 433. The molecule has 0 amide bonds. The topological polar surface area (TPSA) is 36.4 Å². The van der Waals surface area contributed by atoms with E-state index in [1.165, 1.54) is 6.07 Å². The average molecular weight is 269 g/mol. The predicted octanol–water partition coefficient (Wildman–Crippen LogP) is 2.47. The highest BCUT2D eigenvalue weighted by Gasteiger charge is 2.05. The van der Waals surface area contributed by atoms with Gasteiger partial charge < -0.3 is 10.6 Å². The van der Waals surface area contributed by atoms with Crippen LogP contribution >= 0.6 is 0 Å². The number of aliphatic imine (C=N–C) groups is 1. The normalized spacial score (nSPS) is 13.2. The first-order valence-corrected chi connectivity index (χ1v) is 6.48. The third-order valence-corrected chi connectivity index (χ3v) is 2.91. The molecule has 1 aromatic carbocycles. The molecule has 0 heterocycles. The van der Waals surface area contributed by atoms with Crippen LogP contribution in [0.5, 0.6) is 0 Å². The van der Waals surface area contributed by atoms with Gasteiger partial charge in [-0.25, -0.2) is 8.78 Å². The van der Waals surface area contributed by atoms with Crippen LogP contribution in [0.3, 0.4) is 0 Å². The molecular formula is C14H21F2N3. The van der Waals surface area contributed by atoms with Gasteiger partial charge in [-0.15, -0.1) is 0 Å². The molecule has 0 aliphatic carbocycles. The summed E-state index contributed by atoms with van der Waals surface area (Å²) in [6, 6.07) is 3.81. The second-order valence-electron chi connectivity index (χ2n) is 4.44. The van der Waals surface area contributed by atoms with Gasteiger partial charge in [0.1, 0.15) is 11.6 Å². The second-order valence-corrected chi connectivity index (χ2v) is 4.44. The van der Waals surface area contributed by atoms with E-state index >= 15 is 0 Å². The summed E-state index contributed by atoms with van der Waals surface area (Å²) in [5, 5.41) is 6.28. The van der Waals surface area contributed by atoms with Crippen LogP contribution in [0.1, 0.15) is 25.8 Å². The average Bonchev–Trinajstić information content (AvgIpc) is 2.41. The fourth-order valence-corrected chi connectivity index (χ4v) is 1.58. The van der Waals surface area contributed by atoms with Crippen molar-refractivity contribution in [2.75, 3.05) is 13.6 Å². The van der Waals surface area contributed by atoms with E-state index in [0.717, 1.165) is 18.6 Å². The summed E-state index contributed by atoms with van der Waals surface area (Å²) >= 11 is 0. The molecule has 1 aromatic rings. The number of hydrogen-bond donors (Lipinski definition) is 2. The van der Waals surface area contributed by atoms with Crippen molar-refractivity contribution in [2.45, 2.75) is 32.7 Å². The van der Waals surface area contributed by atoms with Crippen LogP contribution in [-0.2, 0) is 6.42 Å². The van der Waals surface area contributed by atoms with Gasteiger partial charge in [-0.05, 0) is 43.5 Å². The van der Waals surface area contributed by atoms with Crippen LogP contribution in [0.4, 0.5) is 8.78 Å². The molecule has 0 aromatic heterocycles. The summed E-state index contributed by atoms with van der Waals surface area (Å²) in [6.45, 7) is 4.63. The summed E-state index contributed by atoms with van der Waals surface area (Å²) < 4.78 is 26.4. The van der Waals surface area contributed by atoms with Gasteiger partial charge in [0.25, 0.3) is 0 Å². The Labute approximate surface area is 113 Å². The van der Waals surface area contributed by atoms with Gasteiger partial charge in [0, 0.05) is 19.6 Å². The lowest BCUT2D eigenvalue weighted by molar-refractivity contribution is 0.581. The molecule has 0 saturated carbocycles. The Morgan fingerprint density at radius 1 is 1.37 bits per heavy atom. The molecule has 0 radical (unpaired) electrons. The number of rotatable bonds is 5. The maximum absolute atomic E-state index is 13.4. The first kappa shape index (κ1) is 15.4. The third kappa shape index (κ3) is 5.24. The van der Waals surface area contributed by atoms with Gasteiger partial charge in [0.15, 0.2) is 5.96 Å². The van der Waals surface area contributed by atoms with Crippen molar-refractivity contribution < 1.29 is 8.78 Å². The molecule has 0 saturated heterocycles. The molecule has 1 rings (SSSR count). The molecule has 19 heavy (non-hydrogen) atoms. The lowest BCUT2D eigenvalue weighted by Crippen LogP contribution is -2.42. The van der Waals surface area contributed by atoms with E-state index in [9.17, 15) is 8.78 Å². The standard InChI is InChI=1S/C14H21F2N3/c1-4-10(2)19-14(17-3)18-8-7-11-9-12(15)5-6-13(11)16/h5-6,9-10H,4,7-8H2,1-3H3,(H2,17,18,19). The fraction of sp³-hybridized carbons (Fsp3) is 0.500. The molecule has 0 spiro atoms. The van der Waals surface area contributed by atoms with Crippen molar-refractivity contribution in [1.82, 2.24) is 10.6 Å². The molecule has 1 atom stereocenters. The van der Waals surface area contributed by atoms with E-state index in [-0.39, 0.29) is 5.82 Å². The maximum atomic E-state index is 13.4. The van der Waals surface area contributed by atoms with Crippen LogP contribution in [0, 0.1) is 11.6 Å². The number of guanidine groups is 1. The zero-order valence-electron chi connectivity index (χ0n) is 11.6. The number of hydrogen-bond acceptors (Lipinski definition) is 1. The molecular weight excluding hydrogens is 248 g/mol. The van der Waals surface area contributed by atoms with Crippen LogP contribution in [0.2, 0.25) is 0 Å². The lowest BCUT2D eigenvalue weighted by Gasteiger charge is -2.16. The molecule has 0 aliphatic rings. The van der Waals surface area contributed by atoms with Crippen molar-refractivity contribution in [3.63, 3.8) is 0 Å². The molecule has 106 valence electrons. The van der Waals surface area contributed by atoms with Crippen molar-refractivity contribution >= 4 is 5.96 Å². The minimum absolute atomic E-state index is 0.317. The van der Waals surface area contributed by atoms with Gasteiger partial charge in [-0.3, -0.25) is 4.99 Å². The highest BCUT2D eigenvalue weighted by Crippen LogP contribution is 2.09. The van der Waals surface area contributed by atoms with Gasteiger partial charge in [0.05, 0.1) is 0 Å². The number of nitrogens with one attached hydrogen (secondary N) is 2. The Kier molecular flexibility index (Phi) is 6.25. The second kappa shape index (κ2) is 7.71. The van der Waals surface area contributed by atoms with Crippen molar-refractivity contribution in [3.8, 4) is 0 Å². The van der Waals surface area contributed by atoms with Gasteiger partial charge in [-0.1, -0.05) is 6.92 Å². The Morgan fingerprint density at radius 2 is 2.11 bits per heavy atom. The van der Waals surface area contributed by atoms with E-state index in [1.54, 1.807) is 7.05 Å². The Balaban J connectivity index is 2.46. The van der Waals surface area contributed by atoms with Crippen LogP contribution < -0.4 is 10.6 Å². The van der Waals surface area contributed by atoms with Gasteiger partial charge >= 0.3 is 0 Å². The first-order valence-electron chi connectivity index (χ1n) is 6.48. The number of halogens is 2. The summed E-state index contributed by atoms with van der Waals surface area (Å²) in [4.78, 5) is 4.07. The van der Waals surface area contributed by atoms with E-state index in [4.69, 9.17) is 0 Å². The molecule has 2 N–H and O–H groups in total. The molecule has 0 bridgehead atoms. The Morgan fingerprint density at radius 3 is 2.74 bits per heavy atom. The maximum Gasteiger partial charge on any atom is 0.191 e. The molecule has 5 heteroatoms. The quantitative estimate of drug-likeness (QED) is 0.636. The van der Waals surface area contributed by atoms with E-state index < -0.39 is 5.82 Å². The van der Waals surface area contributed by atoms with Crippen LogP contribution in [0.25, 0.3) is 0 Å².